The number of rotatable bonds is 0. The fraction of sp³-hybridized carbons (Fsp3) is 0.846. The monoisotopic (exact) mass is 180 g/mol. The summed E-state index contributed by atoms with van der Waals surface area (Å²) in [7, 11) is 0. The van der Waals surface area contributed by atoms with Crippen LogP contribution in [0.1, 0.15) is 65.2 Å². The zero-order valence-electron chi connectivity index (χ0n) is 9.31. The lowest BCUT2D eigenvalue weighted by atomic mass is 9.67. The third kappa shape index (κ3) is 2.86. The molecule has 0 aromatic carbocycles. The summed E-state index contributed by atoms with van der Waals surface area (Å²) in [6.45, 7) is 4.00. The van der Waals surface area contributed by atoms with Gasteiger partial charge in [-0.15, -0.1) is 0 Å². The largest absolute Gasteiger partial charge is 0.0885 e. The topological polar surface area (TPSA) is 0 Å². The predicted molar refractivity (Wildman–Crippen MR) is 59.9 cm³/mol. The van der Waals surface area contributed by atoms with Crippen LogP contribution in [0.15, 0.2) is 12.2 Å². The molecule has 0 bridgehead atoms. The third-order valence-corrected chi connectivity index (χ3v) is 3.47. The van der Waals surface area contributed by atoms with E-state index in [9.17, 15) is 0 Å². The van der Waals surface area contributed by atoms with Crippen LogP contribution in [0.2, 0.25) is 0 Å². The van der Waals surface area contributed by atoms with E-state index >= 15 is 0 Å². The Kier molecular flexibility index (Phi) is 4.55. The molecule has 76 valence electrons. The first kappa shape index (κ1) is 10.8. The molecule has 0 aromatic rings. The Morgan fingerprint density at radius 3 is 2.08 bits per heavy atom. The van der Waals surface area contributed by atoms with Gasteiger partial charge in [0.2, 0.25) is 0 Å². The maximum absolute atomic E-state index is 2.41. The van der Waals surface area contributed by atoms with Crippen molar-refractivity contribution < 1.29 is 0 Å². The Labute approximate surface area is 83.4 Å². The highest BCUT2D eigenvalue weighted by Crippen LogP contribution is 2.45. The van der Waals surface area contributed by atoms with Gasteiger partial charge in [0.15, 0.2) is 0 Å². The molecular weight excluding hydrogens is 156 g/mol. The van der Waals surface area contributed by atoms with Gasteiger partial charge in [-0.25, -0.2) is 0 Å². The van der Waals surface area contributed by atoms with Crippen molar-refractivity contribution in [2.24, 2.45) is 5.41 Å². The van der Waals surface area contributed by atoms with Crippen molar-refractivity contribution in [2.45, 2.75) is 65.2 Å². The third-order valence-electron chi connectivity index (χ3n) is 3.47. The summed E-state index contributed by atoms with van der Waals surface area (Å²) in [5, 5.41) is 0. The summed E-state index contributed by atoms with van der Waals surface area (Å²) in [5.74, 6) is 0. The molecule has 0 N–H and O–H groups in total. The Hall–Kier alpha value is -0.260. The lowest BCUT2D eigenvalue weighted by Gasteiger charge is -2.38. The molecule has 0 saturated heterocycles. The quantitative estimate of drug-likeness (QED) is 0.474. The Bertz CT molecular complexity index is 149. The minimum absolute atomic E-state index is 0.771. The molecule has 0 aromatic heterocycles. The molecule has 0 heterocycles. The molecule has 2 aliphatic rings. The van der Waals surface area contributed by atoms with E-state index in [0.29, 0.717) is 0 Å². The van der Waals surface area contributed by atoms with E-state index in [1.807, 2.05) is 13.8 Å². The Morgan fingerprint density at radius 2 is 1.54 bits per heavy atom. The van der Waals surface area contributed by atoms with Gasteiger partial charge < -0.3 is 0 Å². The first-order valence-electron chi connectivity index (χ1n) is 6.06. The van der Waals surface area contributed by atoms with Crippen LogP contribution < -0.4 is 0 Å². The van der Waals surface area contributed by atoms with Crippen LogP contribution in [0.3, 0.4) is 0 Å². The van der Waals surface area contributed by atoms with E-state index in [1.165, 1.54) is 51.4 Å². The molecule has 1 fully saturated rings. The average molecular weight is 180 g/mol. The van der Waals surface area contributed by atoms with Crippen molar-refractivity contribution in [3.63, 3.8) is 0 Å². The average Bonchev–Trinajstić information content (AvgIpc) is 2.23. The second kappa shape index (κ2) is 5.47. The van der Waals surface area contributed by atoms with Crippen molar-refractivity contribution in [3.05, 3.63) is 12.2 Å². The van der Waals surface area contributed by atoms with Crippen LogP contribution in [0, 0.1) is 5.41 Å². The van der Waals surface area contributed by atoms with Crippen LogP contribution in [0.5, 0.6) is 0 Å². The minimum Gasteiger partial charge on any atom is -0.0885 e. The van der Waals surface area contributed by atoms with Gasteiger partial charge in [-0.1, -0.05) is 45.3 Å². The highest BCUT2D eigenvalue weighted by Gasteiger charge is 2.31. The summed E-state index contributed by atoms with van der Waals surface area (Å²) in [4.78, 5) is 0. The molecule has 2 aliphatic carbocycles. The standard InChI is InChI=1S/C11H18.C2H6/c1-3-7-11(8-4-1)9-5-2-6-10-11;1-2/h1,3H,2,4-10H2;1-2H3. The summed E-state index contributed by atoms with van der Waals surface area (Å²) < 4.78 is 0. The normalized spacial score (nSPS) is 25.1. The SMILES string of the molecule is C1=CCC2(CC1)CCCCC2.CC. The first-order chi connectivity index (χ1) is 6.41. The summed E-state index contributed by atoms with van der Waals surface area (Å²) in [6.07, 6.45) is 16.5. The van der Waals surface area contributed by atoms with Gasteiger partial charge in [0.25, 0.3) is 0 Å². The fourth-order valence-electron chi connectivity index (χ4n) is 2.70. The highest BCUT2D eigenvalue weighted by molar-refractivity contribution is 4.98. The smallest absolute Gasteiger partial charge is 0.0260 e. The van der Waals surface area contributed by atoms with Gasteiger partial charge in [0, 0.05) is 0 Å². The van der Waals surface area contributed by atoms with Crippen LogP contribution >= 0.6 is 0 Å². The number of hydrogen-bond donors (Lipinski definition) is 0. The first-order valence-corrected chi connectivity index (χ1v) is 6.06. The minimum atomic E-state index is 0.771. The predicted octanol–water partition coefficient (Wildman–Crippen LogP) is 4.70. The van der Waals surface area contributed by atoms with E-state index in [4.69, 9.17) is 0 Å². The molecule has 0 amide bonds. The van der Waals surface area contributed by atoms with Crippen molar-refractivity contribution in [2.75, 3.05) is 0 Å². The summed E-state index contributed by atoms with van der Waals surface area (Å²) in [6, 6.07) is 0. The Balaban J connectivity index is 0.000000396. The fourth-order valence-corrected chi connectivity index (χ4v) is 2.70. The van der Waals surface area contributed by atoms with E-state index in [-0.39, 0.29) is 0 Å². The van der Waals surface area contributed by atoms with Crippen LogP contribution in [0.25, 0.3) is 0 Å². The zero-order chi connectivity index (χ0) is 9.57. The van der Waals surface area contributed by atoms with Gasteiger partial charge in [-0.3, -0.25) is 0 Å². The lowest BCUT2D eigenvalue weighted by Crippen LogP contribution is -2.24. The van der Waals surface area contributed by atoms with Crippen molar-refractivity contribution in [1.82, 2.24) is 0 Å². The molecule has 0 atom stereocenters. The van der Waals surface area contributed by atoms with Gasteiger partial charge >= 0.3 is 0 Å². The van der Waals surface area contributed by atoms with E-state index in [1.54, 1.807) is 0 Å². The maximum Gasteiger partial charge on any atom is -0.0260 e. The van der Waals surface area contributed by atoms with Gasteiger partial charge in [0.05, 0.1) is 0 Å². The molecule has 1 saturated carbocycles. The Morgan fingerprint density at radius 1 is 0.846 bits per heavy atom. The molecule has 0 nitrogen and oxygen atoms in total. The van der Waals surface area contributed by atoms with E-state index < -0.39 is 0 Å². The summed E-state index contributed by atoms with van der Waals surface area (Å²) in [5.41, 5.74) is 0.771. The van der Waals surface area contributed by atoms with Gasteiger partial charge in [-0.2, -0.15) is 0 Å². The van der Waals surface area contributed by atoms with Gasteiger partial charge in [-0.05, 0) is 37.5 Å². The molecule has 2 rings (SSSR count). The second-order valence-electron chi connectivity index (χ2n) is 4.27. The highest BCUT2D eigenvalue weighted by atomic mass is 14.4. The molecule has 0 heteroatoms. The van der Waals surface area contributed by atoms with Crippen LogP contribution in [-0.2, 0) is 0 Å². The molecule has 13 heavy (non-hydrogen) atoms. The van der Waals surface area contributed by atoms with E-state index in [2.05, 4.69) is 12.2 Å². The maximum atomic E-state index is 2.41. The van der Waals surface area contributed by atoms with Crippen LogP contribution in [0.4, 0.5) is 0 Å². The second-order valence-corrected chi connectivity index (χ2v) is 4.27. The lowest BCUT2D eigenvalue weighted by molar-refractivity contribution is 0.170. The molecule has 0 unspecified atom stereocenters. The molecular formula is C13H24. The van der Waals surface area contributed by atoms with Crippen molar-refractivity contribution in [3.8, 4) is 0 Å². The zero-order valence-corrected chi connectivity index (χ0v) is 9.31. The molecule has 0 aliphatic heterocycles. The molecule has 0 radical (unpaired) electrons. The van der Waals surface area contributed by atoms with Crippen LogP contribution in [-0.4, -0.2) is 0 Å². The number of allylic oxidation sites excluding steroid dienone is 2. The number of hydrogen-bond acceptors (Lipinski definition) is 0. The molecule has 1 spiro atoms. The van der Waals surface area contributed by atoms with Crippen molar-refractivity contribution in [1.29, 1.82) is 0 Å². The summed E-state index contributed by atoms with van der Waals surface area (Å²) >= 11 is 0. The van der Waals surface area contributed by atoms with Gasteiger partial charge in [0.1, 0.15) is 0 Å². The van der Waals surface area contributed by atoms with E-state index in [0.717, 1.165) is 5.41 Å². The van der Waals surface area contributed by atoms with Crippen molar-refractivity contribution >= 4 is 0 Å².